The standard InChI is InChI=1S/C12H14F2O/c1-3-4-5-8-15-10-7-6-9(2)11(13)12(10)14/h4-7H,3,8H2,1-2H3/b5-4+. The van der Waals surface area contributed by atoms with Gasteiger partial charge >= 0.3 is 0 Å². The van der Waals surface area contributed by atoms with Crippen LogP contribution in [0.3, 0.4) is 0 Å². The molecule has 0 saturated carbocycles. The smallest absolute Gasteiger partial charge is 0.200 e. The van der Waals surface area contributed by atoms with Crippen LogP contribution in [-0.4, -0.2) is 6.61 Å². The van der Waals surface area contributed by atoms with Gasteiger partial charge in [-0.3, -0.25) is 0 Å². The van der Waals surface area contributed by atoms with Gasteiger partial charge in [0.1, 0.15) is 6.61 Å². The molecule has 0 aromatic heterocycles. The highest BCUT2D eigenvalue weighted by Gasteiger charge is 2.11. The maximum absolute atomic E-state index is 13.2. The fraction of sp³-hybridized carbons (Fsp3) is 0.333. The molecule has 0 spiro atoms. The van der Waals surface area contributed by atoms with Crippen molar-refractivity contribution in [3.05, 3.63) is 41.5 Å². The maximum atomic E-state index is 13.2. The van der Waals surface area contributed by atoms with E-state index in [2.05, 4.69) is 0 Å². The van der Waals surface area contributed by atoms with Crippen LogP contribution in [0.5, 0.6) is 5.75 Å². The van der Waals surface area contributed by atoms with E-state index >= 15 is 0 Å². The summed E-state index contributed by atoms with van der Waals surface area (Å²) in [4.78, 5) is 0. The van der Waals surface area contributed by atoms with Gasteiger partial charge in [-0.15, -0.1) is 0 Å². The van der Waals surface area contributed by atoms with Crippen LogP contribution in [0.1, 0.15) is 18.9 Å². The predicted octanol–water partition coefficient (Wildman–Crippen LogP) is 3.62. The fourth-order valence-corrected chi connectivity index (χ4v) is 1.11. The third kappa shape index (κ3) is 3.05. The Morgan fingerprint density at radius 1 is 1.20 bits per heavy atom. The largest absolute Gasteiger partial charge is 0.486 e. The van der Waals surface area contributed by atoms with Crippen molar-refractivity contribution in [1.29, 1.82) is 0 Å². The minimum atomic E-state index is -0.917. The monoisotopic (exact) mass is 212 g/mol. The third-order valence-electron chi connectivity index (χ3n) is 1.98. The molecule has 0 unspecified atom stereocenters. The van der Waals surface area contributed by atoms with E-state index < -0.39 is 11.6 Å². The lowest BCUT2D eigenvalue weighted by Gasteiger charge is -2.06. The molecule has 1 nitrogen and oxygen atoms in total. The van der Waals surface area contributed by atoms with Gasteiger partial charge in [0.2, 0.25) is 5.82 Å². The maximum Gasteiger partial charge on any atom is 0.200 e. The van der Waals surface area contributed by atoms with Crippen LogP contribution in [0.15, 0.2) is 24.3 Å². The molecule has 0 aliphatic carbocycles. The topological polar surface area (TPSA) is 9.23 Å². The molecule has 1 aromatic carbocycles. The number of hydrogen-bond acceptors (Lipinski definition) is 1. The van der Waals surface area contributed by atoms with Gasteiger partial charge in [-0.1, -0.05) is 25.1 Å². The highest BCUT2D eigenvalue weighted by molar-refractivity contribution is 5.30. The van der Waals surface area contributed by atoms with Crippen LogP contribution < -0.4 is 4.74 Å². The summed E-state index contributed by atoms with van der Waals surface area (Å²) >= 11 is 0. The van der Waals surface area contributed by atoms with Gasteiger partial charge in [-0.2, -0.15) is 4.39 Å². The molecule has 0 aliphatic rings. The van der Waals surface area contributed by atoms with Crippen LogP contribution in [0, 0.1) is 18.6 Å². The van der Waals surface area contributed by atoms with Gasteiger partial charge in [0, 0.05) is 0 Å². The molecule has 0 atom stereocenters. The Hall–Kier alpha value is -1.38. The Morgan fingerprint density at radius 3 is 2.60 bits per heavy atom. The van der Waals surface area contributed by atoms with Crippen LogP contribution >= 0.6 is 0 Å². The molecule has 0 amide bonds. The van der Waals surface area contributed by atoms with E-state index in [1.54, 1.807) is 6.08 Å². The second kappa shape index (κ2) is 5.49. The van der Waals surface area contributed by atoms with E-state index in [9.17, 15) is 8.78 Å². The number of allylic oxidation sites excluding steroid dienone is 1. The van der Waals surface area contributed by atoms with Gasteiger partial charge in [0.25, 0.3) is 0 Å². The van der Waals surface area contributed by atoms with Crippen molar-refractivity contribution in [3.8, 4) is 5.75 Å². The van der Waals surface area contributed by atoms with Crippen molar-refractivity contribution in [3.63, 3.8) is 0 Å². The molecule has 0 bridgehead atoms. The summed E-state index contributed by atoms with van der Waals surface area (Å²) in [6, 6.07) is 2.94. The molecule has 0 heterocycles. The highest BCUT2D eigenvalue weighted by Crippen LogP contribution is 2.21. The van der Waals surface area contributed by atoms with Gasteiger partial charge in [-0.25, -0.2) is 4.39 Å². The molecule has 0 N–H and O–H groups in total. The second-order valence-corrected chi connectivity index (χ2v) is 3.20. The zero-order valence-electron chi connectivity index (χ0n) is 8.89. The molecule has 0 fully saturated rings. The molecule has 0 saturated heterocycles. The van der Waals surface area contributed by atoms with E-state index in [1.165, 1.54) is 19.1 Å². The normalized spacial score (nSPS) is 10.9. The van der Waals surface area contributed by atoms with Crippen molar-refractivity contribution in [1.82, 2.24) is 0 Å². The zero-order valence-corrected chi connectivity index (χ0v) is 8.89. The van der Waals surface area contributed by atoms with Crippen molar-refractivity contribution in [2.75, 3.05) is 6.61 Å². The first-order valence-corrected chi connectivity index (χ1v) is 4.89. The van der Waals surface area contributed by atoms with Crippen molar-refractivity contribution in [2.45, 2.75) is 20.3 Å². The summed E-state index contributed by atoms with van der Waals surface area (Å²) < 4.78 is 31.4. The average Bonchev–Trinajstić information content (AvgIpc) is 2.24. The summed E-state index contributed by atoms with van der Waals surface area (Å²) in [6.07, 6.45) is 4.58. The Bertz CT molecular complexity index is 359. The van der Waals surface area contributed by atoms with E-state index in [-0.39, 0.29) is 17.9 Å². The first-order valence-electron chi connectivity index (χ1n) is 4.89. The average molecular weight is 212 g/mol. The molecule has 15 heavy (non-hydrogen) atoms. The summed E-state index contributed by atoms with van der Waals surface area (Å²) in [6.45, 7) is 3.76. The molecular formula is C12H14F2O. The minimum Gasteiger partial charge on any atom is -0.486 e. The van der Waals surface area contributed by atoms with E-state index in [1.807, 2.05) is 13.0 Å². The Morgan fingerprint density at radius 2 is 1.93 bits per heavy atom. The van der Waals surface area contributed by atoms with E-state index in [4.69, 9.17) is 4.74 Å². The Kier molecular flexibility index (Phi) is 4.28. The lowest BCUT2D eigenvalue weighted by Crippen LogP contribution is -1.99. The van der Waals surface area contributed by atoms with Crippen LogP contribution in [0.4, 0.5) is 8.78 Å². The van der Waals surface area contributed by atoms with Crippen molar-refractivity contribution < 1.29 is 13.5 Å². The fourth-order valence-electron chi connectivity index (χ4n) is 1.11. The molecule has 1 aromatic rings. The van der Waals surface area contributed by atoms with Gasteiger partial charge in [0.05, 0.1) is 0 Å². The number of benzene rings is 1. The zero-order chi connectivity index (χ0) is 11.3. The van der Waals surface area contributed by atoms with E-state index in [0.717, 1.165) is 6.42 Å². The lowest BCUT2D eigenvalue weighted by atomic mass is 10.2. The van der Waals surface area contributed by atoms with Gasteiger partial charge in [-0.05, 0) is 25.0 Å². The number of ether oxygens (including phenoxy) is 1. The number of aryl methyl sites for hydroxylation is 1. The van der Waals surface area contributed by atoms with Crippen LogP contribution in [0.2, 0.25) is 0 Å². The Labute approximate surface area is 88.4 Å². The highest BCUT2D eigenvalue weighted by atomic mass is 19.2. The first kappa shape index (κ1) is 11.7. The summed E-state index contributed by atoms with van der Waals surface area (Å²) in [7, 11) is 0. The minimum absolute atomic E-state index is 0.0427. The van der Waals surface area contributed by atoms with Crippen LogP contribution in [-0.2, 0) is 0 Å². The quantitative estimate of drug-likeness (QED) is 0.692. The van der Waals surface area contributed by atoms with Gasteiger partial charge < -0.3 is 4.74 Å². The first-order chi connectivity index (χ1) is 7.16. The van der Waals surface area contributed by atoms with Gasteiger partial charge in [0.15, 0.2) is 11.6 Å². The number of rotatable bonds is 4. The molecular weight excluding hydrogens is 198 g/mol. The predicted molar refractivity (Wildman–Crippen MR) is 56.0 cm³/mol. The molecule has 82 valence electrons. The van der Waals surface area contributed by atoms with E-state index in [0.29, 0.717) is 0 Å². The lowest BCUT2D eigenvalue weighted by molar-refractivity contribution is 0.331. The molecule has 0 aliphatic heterocycles. The Balaban J connectivity index is 2.70. The SMILES string of the molecule is CC/C=C/COc1ccc(C)c(F)c1F. The summed E-state index contributed by atoms with van der Waals surface area (Å²) in [5.74, 6) is -1.80. The van der Waals surface area contributed by atoms with Crippen molar-refractivity contribution >= 4 is 0 Å². The molecule has 0 radical (unpaired) electrons. The second-order valence-electron chi connectivity index (χ2n) is 3.20. The number of hydrogen-bond donors (Lipinski definition) is 0. The summed E-state index contributed by atoms with van der Waals surface area (Å²) in [5.41, 5.74) is 0.281. The van der Waals surface area contributed by atoms with Crippen LogP contribution in [0.25, 0.3) is 0 Å². The number of halogens is 2. The third-order valence-corrected chi connectivity index (χ3v) is 1.98. The summed E-state index contributed by atoms with van der Waals surface area (Å²) in [5, 5.41) is 0. The molecule has 3 heteroatoms. The molecule has 1 rings (SSSR count). The van der Waals surface area contributed by atoms with Crippen molar-refractivity contribution in [2.24, 2.45) is 0 Å².